The standard InChI is InChI=1S/C29H33ClFN3O5S/c1-4-17-32-29(36)27(5-2)33(19-21-11-14-23(39-3)15-12-21)28(35)20-34(22-13-16-26(31)25(30)18-22)40(37,38)24-9-7-6-8-10-24/h6-16,18,27H,4-5,17,19-20H2,1-3H3,(H,32,36)/t27-/m1/s1. The summed E-state index contributed by atoms with van der Waals surface area (Å²) in [6.07, 6.45) is 1.01. The average molecular weight is 590 g/mol. The highest BCUT2D eigenvalue weighted by molar-refractivity contribution is 7.92. The normalized spacial score (nSPS) is 11.9. The summed E-state index contributed by atoms with van der Waals surface area (Å²) in [6.45, 7) is 3.53. The van der Waals surface area contributed by atoms with Crippen LogP contribution in [0.3, 0.4) is 0 Å². The molecule has 3 aromatic rings. The molecule has 8 nitrogen and oxygen atoms in total. The van der Waals surface area contributed by atoms with E-state index in [1.54, 1.807) is 56.5 Å². The number of amides is 2. The zero-order valence-electron chi connectivity index (χ0n) is 22.6. The summed E-state index contributed by atoms with van der Waals surface area (Å²) in [4.78, 5) is 28.4. The minimum absolute atomic E-state index is 0.0106. The summed E-state index contributed by atoms with van der Waals surface area (Å²) in [5.74, 6) is -1.06. The number of ether oxygens (including phenoxy) is 1. The zero-order valence-corrected chi connectivity index (χ0v) is 24.2. The lowest BCUT2D eigenvalue weighted by Crippen LogP contribution is -2.52. The second-order valence-corrected chi connectivity index (χ2v) is 11.3. The molecule has 11 heteroatoms. The number of carbonyl (C=O) groups excluding carboxylic acids is 2. The van der Waals surface area contributed by atoms with E-state index in [-0.39, 0.29) is 28.1 Å². The number of carbonyl (C=O) groups is 2. The lowest BCUT2D eigenvalue weighted by molar-refractivity contribution is -0.140. The fourth-order valence-corrected chi connectivity index (χ4v) is 5.70. The fourth-order valence-electron chi connectivity index (χ4n) is 4.10. The van der Waals surface area contributed by atoms with E-state index in [1.165, 1.54) is 23.1 Å². The number of nitrogens with one attached hydrogen (secondary N) is 1. The Labute approximate surface area is 239 Å². The number of sulfonamides is 1. The molecule has 0 heterocycles. The highest BCUT2D eigenvalue weighted by atomic mass is 35.5. The van der Waals surface area contributed by atoms with Gasteiger partial charge in [0.2, 0.25) is 11.8 Å². The predicted molar refractivity (Wildman–Crippen MR) is 153 cm³/mol. The van der Waals surface area contributed by atoms with Crippen LogP contribution in [0.2, 0.25) is 5.02 Å². The molecule has 214 valence electrons. The van der Waals surface area contributed by atoms with Crippen molar-refractivity contribution < 1.29 is 27.1 Å². The third kappa shape index (κ3) is 7.51. The van der Waals surface area contributed by atoms with Gasteiger partial charge < -0.3 is 15.0 Å². The minimum Gasteiger partial charge on any atom is -0.497 e. The van der Waals surface area contributed by atoms with E-state index in [2.05, 4.69) is 5.32 Å². The van der Waals surface area contributed by atoms with Gasteiger partial charge in [-0.2, -0.15) is 0 Å². The average Bonchev–Trinajstić information content (AvgIpc) is 2.96. The molecular formula is C29H33ClFN3O5S. The highest BCUT2D eigenvalue weighted by Crippen LogP contribution is 2.28. The van der Waals surface area contributed by atoms with E-state index in [4.69, 9.17) is 16.3 Å². The van der Waals surface area contributed by atoms with Crippen molar-refractivity contribution in [2.45, 2.75) is 44.2 Å². The van der Waals surface area contributed by atoms with Gasteiger partial charge in [-0.15, -0.1) is 0 Å². The van der Waals surface area contributed by atoms with Gasteiger partial charge in [0, 0.05) is 13.1 Å². The van der Waals surface area contributed by atoms with Gasteiger partial charge in [-0.1, -0.05) is 55.8 Å². The maximum absolute atomic E-state index is 14.0. The Morgan fingerprint density at radius 2 is 1.70 bits per heavy atom. The van der Waals surface area contributed by atoms with Crippen molar-refractivity contribution in [2.75, 3.05) is 24.5 Å². The first-order valence-corrected chi connectivity index (χ1v) is 14.7. The summed E-state index contributed by atoms with van der Waals surface area (Å²) in [6, 6.07) is 17.2. The summed E-state index contributed by atoms with van der Waals surface area (Å²) in [7, 11) is -2.73. The Balaban J connectivity index is 2.05. The topological polar surface area (TPSA) is 96.0 Å². The summed E-state index contributed by atoms with van der Waals surface area (Å²) in [5.41, 5.74) is 0.731. The number of nitrogens with zero attached hydrogens (tertiary/aromatic N) is 2. The second-order valence-electron chi connectivity index (χ2n) is 9.01. The summed E-state index contributed by atoms with van der Waals surface area (Å²) in [5, 5.41) is 2.54. The number of rotatable bonds is 13. The van der Waals surface area contributed by atoms with Crippen LogP contribution in [-0.4, -0.2) is 51.4 Å². The number of methoxy groups -OCH3 is 1. The van der Waals surface area contributed by atoms with Gasteiger partial charge in [-0.25, -0.2) is 12.8 Å². The second kappa shape index (κ2) is 14.1. The molecule has 0 unspecified atom stereocenters. The number of hydrogen-bond donors (Lipinski definition) is 1. The fraction of sp³-hybridized carbons (Fsp3) is 0.310. The van der Waals surface area contributed by atoms with Crippen molar-refractivity contribution >= 4 is 39.1 Å². The van der Waals surface area contributed by atoms with E-state index >= 15 is 0 Å². The van der Waals surface area contributed by atoms with E-state index < -0.39 is 34.3 Å². The SMILES string of the molecule is CCCNC(=O)[C@@H](CC)N(Cc1ccc(OC)cc1)C(=O)CN(c1ccc(F)c(Cl)c1)S(=O)(=O)c1ccccc1. The minimum atomic E-state index is -4.27. The molecular weight excluding hydrogens is 557 g/mol. The monoisotopic (exact) mass is 589 g/mol. The van der Waals surface area contributed by atoms with Crippen molar-refractivity contribution in [3.8, 4) is 5.75 Å². The smallest absolute Gasteiger partial charge is 0.264 e. The lowest BCUT2D eigenvalue weighted by Gasteiger charge is -2.33. The van der Waals surface area contributed by atoms with Crippen molar-refractivity contribution in [1.82, 2.24) is 10.2 Å². The van der Waals surface area contributed by atoms with Crippen LogP contribution in [0.25, 0.3) is 0 Å². The van der Waals surface area contributed by atoms with Crippen LogP contribution in [0.15, 0.2) is 77.7 Å². The molecule has 3 rings (SSSR count). The van der Waals surface area contributed by atoms with Crippen LogP contribution in [-0.2, 0) is 26.2 Å². The maximum Gasteiger partial charge on any atom is 0.264 e. The van der Waals surface area contributed by atoms with Gasteiger partial charge in [-0.3, -0.25) is 13.9 Å². The molecule has 2 amide bonds. The molecule has 1 atom stereocenters. The maximum atomic E-state index is 14.0. The Morgan fingerprint density at radius 3 is 2.27 bits per heavy atom. The van der Waals surface area contributed by atoms with Gasteiger partial charge in [0.25, 0.3) is 10.0 Å². The number of anilines is 1. The van der Waals surface area contributed by atoms with Gasteiger partial charge in [0.05, 0.1) is 22.7 Å². The van der Waals surface area contributed by atoms with Gasteiger partial charge in [-0.05, 0) is 60.9 Å². The Hall–Kier alpha value is -3.63. The molecule has 0 bridgehead atoms. The third-order valence-corrected chi connectivity index (χ3v) is 8.33. The summed E-state index contributed by atoms with van der Waals surface area (Å²) >= 11 is 5.99. The lowest BCUT2D eigenvalue weighted by atomic mass is 10.1. The van der Waals surface area contributed by atoms with Crippen LogP contribution in [0, 0.1) is 5.82 Å². The molecule has 40 heavy (non-hydrogen) atoms. The summed E-state index contributed by atoms with van der Waals surface area (Å²) < 4.78 is 47.6. The van der Waals surface area contributed by atoms with Gasteiger partial charge >= 0.3 is 0 Å². The Morgan fingerprint density at radius 1 is 1.02 bits per heavy atom. The molecule has 0 aliphatic heterocycles. The van der Waals surface area contributed by atoms with Gasteiger partial charge in [0.15, 0.2) is 0 Å². The molecule has 3 aromatic carbocycles. The highest BCUT2D eigenvalue weighted by Gasteiger charge is 2.33. The zero-order chi connectivity index (χ0) is 29.3. The van der Waals surface area contributed by atoms with Crippen LogP contribution in [0.1, 0.15) is 32.3 Å². The van der Waals surface area contributed by atoms with E-state index in [0.29, 0.717) is 25.1 Å². The number of hydrogen-bond acceptors (Lipinski definition) is 5. The molecule has 0 aliphatic rings. The molecule has 0 spiro atoms. The molecule has 0 saturated heterocycles. The number of benzene rings is 3. The van der Waals surface area contributed by atoms with E-state index in [1.807, 2.05) is 6.92 Å². The Bertz CT molecular complexity index is 1400. The third-order valence-electron chi connectivity index (χ3n) is 6.25. The molecule has 0 aliphatic carbocycles. The van der Waals surface area contributed by atoms with Crippen LogP contribution in [0.4, 0.5) is 10.1 Å². The first kappa shape index (κ1) is 30.9. The molecule has 1 N–H and O–H groups in total. The first-order chi connectivity index (χ1) is 19.1. The van der Waals surface area contributed by atoms with Crippen molar-refractivity contribution in [3.63, 3.8) is 0 Å². The predicted octanol–water partition coefficient (Wildman–Crippen LogP) is 5.02. The molecule has 0 saturated carbocycles. The van der Waals surface area contributed by atoms with E-state index in [9.17, 15) is 22.4 Å². The van der Waals surface area contributed by atoms with Crippen molar-refractivity contribution in [2.24, 2.45) is 0 Å². The Kier molecular flexibility index (Phi) is 10.9. The van der Waals surface area contributed by atoms with Crippen molar-refractivity contribution in [1.29, 1.82) is 0 Å². The quantitative estimate of drug-likeness (QED) is 0.302. The number of halogens is 2. The van der Waals surface area contributed by atoms with E-state index in [0.717, 1.165) is 22.0 Å². The van der Waals surface area contributed by atoms with Crippen LogP contribution < -0.4 is 14.4 Å². The van der Waals surface area contributed by atoms with Gasteiger partial charge in [0.1, 0.15) is 24.2 Å². The molecule has 0 aromatic heterocycles. The van der Waals surface area contributed by atoms with Crippen molar-refractivity contribution in [3.05, 3.63) is 89.2 Å². The molecule has 0 radical (unpaired) electrons. The van der Waals surface area contributed by atoms with Crippen LogP contribution in [0.5, 0.6) is 5.75 Å². The van der Waals surface area contributed by atoms with Crippen LogP contribution >= 0.6 is 11.6 Å². The largest absolute Gasteiger partial charge is 0.497 e. The molecule has 0 fully saturated rings. The first-order valence-electron chi connectivity index (χ1n) is 12.8.